The molecule has 2 heterocycles. The third kappa shape index (κ3) is 8.48. The molecule has 3 amide bonds. The van der Waals surface area contributed by atoms with Crippen molar-refractivity contribution in [1.29, 1.82) is 0 Å². The molecule has 0 fully saturated rings. The van der Waals surface area contributed by atoms with Crippen molar-refractivity contribution >= 4 is 50.0 Å². The van der Waals surface area contributed by atoms with Crippen LogP contribution < -0.4 is 15.6 Å². The van der Waals surface area contributed by atoms with Gasteiger partial charge < -0.3 is 15.2 Å². The Kier molecular flexibility index (Phi) is 11.0. The van der Waals surface area contributed by atoms with Crippen LogP contribution in [0.3, 0.4) is 0 Å². The van der Waals surface area contributed by atoms with Crippen LogP contribution in [0.25, 0.3) is 22.0 Å². The molecule has 0 saturated heterocycles. The lowest BCUT2D eigenvalue weighted by molar-refractivity contribution is -0.131. The van der Waals surface area contributed by atoms with Gasteiger partial charge in [0.05, 0.1) is 4.90 Å². The highest BCUT2D eigenvalue weighted by Gasteiger charge is 2.32. The summed E-state index contributed by atoms with van der Waals surface area (Å²) in [5.41, 5.74) is 9.07. The normalized spacial score (nSPS) is 12.6. The van der Waals surface area contributed by atoms with Gasteiger partial charge in [-0.05, 0) is 83.3 Å². The highest BCUT2D eigenvalue weighted by molar-refractivity contribution is 7.89. The fourth-order valence-electron chi connectivity index (χ4n) is 6.19. The first-order valence-electron chi connectivity index (χ1n) is 16.7. The van der Waals surface area contributed by atoms with Crippen LogP contribution in [0.5, 0.6) is 0 Å². The van der Waals surface area contributed by atoms with Crippen molar-refractivity contribution in [3.63, 3.8) is 0 Å². The van der Waals surface area contributed by atoms with Crippen molar-refractivity contribution in [3.8, 4) is 11.1 Å². The van der Waals surface area contributed by atoms with Crippen molar-refractivity contribution in [2.75, 3.05) is 7.05 Å². The van der Waals surface area contributed by atoms with Crippen molar-refractivity contribution in [3.05, 3.63) is 148 Å². The van der Waals surface area contributed by atoms with E-state index in [0.717, 1.165) is 44.3 Å². The lowest BCUT2D eigenvalue weighted by atomic mass is 9.99. The predicted molar refractivity (Wildman–Crippen MR) is 204 cm³/mol. The molecule has 2 atom stereocenters. The Morgan fingerprint density at radius 2 is 1.50 bits per heavy atom. The lowest BCUT2D eigenvalue weighted by Crippen LogP contribution is -2.57. The molecule has 0 saturated carbocycles. The summed E-state index contributed by atoms with van der Waals surface area (Å²) in [5.74, 6) is -1.71. The number of nitrogens with one attached hydrogen (secondary N) is 4. The molecule has 12 heteroatoms. The third-order valence-electron chi connectivity index (χ3n) is 8.89. The molecule has 10 nitrogen and oxygen atoms in total. The zero-order chi connectivity index (χ0) is 36.8. The number of para-hydroxylation sites is 1. The molecule has 6 rings (SSSR count). The molecule has 6 aromatic rings. The number of hydrogen-bond acceptors (Lipinski definition) is 6. The van der Waals surface area contributed by atoms with Crippen LogP contribution in [-0.4, -0.2) is 55.2 Å². The number of carbonyl (C=O) groups is 3. The largest absolute Gasteiger partial charge is 0.361 e. The van der Waals surface area contributed by atoms with E-state index < -0.39 is 33.9 Å². The van der Waals surface area contributed by atoms with Gasteiger partial charge >= 0.3 is 0 Å². The number of aromatic amines is 1. The van der Waals surface area contributed by atoms with Crippen LogP contribution in [0.4, 0.5) is 0 Å². The number of fused-ring (bicyclic) bond motifs is 1. The fourth-order valence-corrected chi connectivity index (χ4v) is 7.73. The van der Waals surface area contributed by atoms with E-state index in [0.29, 0.717) is 5.56 Å². The summed E-state index contributed by atoms with van der Waals surface area (Å²) in [4.78, 5) is 48.9. The number of H-pyrrole nitrogens is 1. The molecule has 4 aromatic carbocycles. The molecule has 4 N–H and O–H groups in total. The topological polar surface area (TPSA) is 140 Å². The van der Waals surface area contributed by atoms with E-state index in [9.17, 15) is 22.8 Å². The molecule has 0 unspecified atom stereocenters. The molecule has 0 aliphatic heterocycles. The van der Waals surface area contributed by atoms with Gasteiger partial charge in [0.1, 0.15) is 12.1 Å². The Bertz CT molecular complexity index is 2280. The second-order valence-electron chi connectivity index (χ2n) is 12.8. The fraction of sp³-hybridized carbons (Fsp3) is 0.175. The molecule has 0 aliphatic carbocycles. The van der Waals surface area contributed by atoms with Crippen molar-refractivity contribution in [2.24, 2.45) is 0 Å². The average Bonchev–Trinajstić information content (AvgIpc) is 3.83. The number of likely N-dealkylation sites (N-methyl/N-ethyl adjacent to an activating group) is 1. The van der Waals surface area contributed by atoms with Crippen LogP contribution >= 0.6 is 11.3 Å². The summed E-state index contributed by atoms with van der Waals surface area (Å²) < 4.78 is 25.9. The number of carbonyl (C=O) groups excluding carboxylic acids is 3. The summed E-state index contributed by atoms with van der Waals surface area (Å²) in [6.07, 6.45) is 1.95. The number of benzene rings is 4. The third-order valence-corrected chi connectivity index (χ3v) is 10.8. The van der Waals surface area contributed by atoms with E-state index >= 15 is 0 Å². The van der Waals surface area contributed by atoms with Gasteiger partial charge in [-0.3, -0.25) is 19.8 Å². The monoisotopic (exact) mass is 733 g/mol. The maximum Gasteiger partial charge on any atom is 0.257 e. The number of sulfonamides is 1. The number of amides is 3. The molecule has 266 valence electrons. The standard InChI is InChI=1S/C40H39N5O5S2/c1-26-19-27(2)21-31(20-26)40(48)45(3)37(22-28-13-15-29(16-14-28)30-17-18-51-25-30)39(47)42-36(23-32-24-41-35-12-8-7-11-34(32)35)38(46)43-44-52(49,50)33-9-5-4-6-10-33/h4-21,24-25,36-37,41,44H,22-23H2,1-3H3,(H,42,47)(H,43,46)/t36-,37+/m0/s1. The summed E-state index contributed by atoms with van der Waals surface area (Å²) in [5, 5.41) is 7.78. The maximum absolute atomic E-state index is 14.4. The summed E-state index contributed by atoms with van der Waals surface area (Å²) in [6.45, 7) is 3.81. The first-order valence-corrected chi connectivity index (χ1v) is 19.1. The molecule has 0 spiro atoms. The SMILES string of the molecule is Cc1cc(C)cc(C(=O)N(C)[C@H](Cc2ccc(-c3ccsc3)cc2)C(=O)N[C@@H](Cc2c[nH]c3ccccc23)C(=O)NNS(=O)(=O)c2ccccc2)c1. The lowest BCUT2D eigenvalue weighted by Gasteiger charge is -2.30. The van der Waals surface area contributed by atoms with Gasteiger partial charge in [-0.15, -0.1) is 4.83 Å². The molecule has 0 bridgehead atoms. The Hall–Kier alpha value is -5.56. The minimum atomic E-state index is -4.11. The van der Waals surface area contributed by atoms with Gasteiger partial charge in [-0.2, -0.15) is 11.3 Å². The zero-order valence-electron chi connectivity index (χ0n) is 28.9. The molecule has 0 aliphatic rings. The number of thiophene rings is 1. The number of hydrazine groups is 1. The minimum Gasteiger partial charge on any atom is -0.361 e. The van der Waals surface area contributed by atoms with Crippen LogP contribution in [0, 0.1) is 13.8 Å². The number of rotatable bonds is 13. The van der Waals surface area contributed by atoms with E-state index in [2.05, 4.69) is 25.9 Å². The van der Waals surface area contributed by atoms with Crippen LogP contribution in [0.1, 0.15) is 32.6 Å². The van der Waals surface area contributed by atoms with Gasteiger partial charge in [-0.1, -0.05) is 77.9 Å². The second kappa shape index (κ2) is 15.8. The maximum atomic E-state index is 14.4. The first kappa shape index (κ1) is 36.2. The zero-order valence-corrected chi connectivity index (χ0v) is 30.6. The molecular formula is C40H39N5O5S2. The second-order valence-corrected chi connectivity index (χ2v) is 15.2. The quantitative estimate of drug-likeness (QED) is 0.109. The first-order chi connectivity index (χ1) is 25.0. The molecule has 0 radical (unpaired) electrons. The van der Waals surface area contributed by atoms with Crippen LogP contribution in [-0.2, 0) is 32.5 Å². The Labute approximate surface area is 306 Å². The van der Waals surface area contributed by atoms with E-state index in [4.69, 9.17) is 0 Å². The van der Waals surface area contributed by atoms with Crippen LogP contribution in [0.15, 0.2) is 125 Å². The molecular weight excluding hydrogens is 695 g/mol. The highest BCUT2D eigenvalue weighted by atomic mass is 32.2. The van der Waals surface area contributed by atoms with Gasteiger partial charge in [0.2, 0.25) is 5.91 Å². The summed E-state index contributed by atoms with van der Waals surface area (Å²) >= 11 is 1.60. The van der Waals surface area contributed by atoms with Crippen molar-refractivity contribution in [1.82, 2.24) is 25.5 Å². The Morgan fingerprint density at radius 3 is 2.19 bits per heavy atom. The van der Waals surface area contributed by atoms with E-state index in [1.54, 1.807) is 54.9 Å². The predicted octanol–water partition coefficient (Wildman–Crippen LogP) is 5.93. The van der Waals surface area contributed by atoms with Gasteiger partial charge in [0.15, 0.2) is 0 Å². The van der Waals surface area contributed by atoms with E-state index in [-0.39, 0.29) is 23.6 Å². The average molecular weight is 734 g/mol. The minimum absolute atomic E-state index is 0.0332. The number of aromatic nitrogens is 1. The van der Waals surface area contributed by atoms with Gasteiger partial charge in [0.25, 0.3) is 21.8 Å². The summed E-state index contributed by atoms with van der Waals surface area (Å²) in [7, 11) is -2.53. The van der Waals surface area contributed by atoms with E-state index in [1.807, 2.05) is 79.9 Å². The van der Waals surface area contributed by atoms with Gasteiger partial charge in [-0.25, -0.2) is 8.42 Å². The molecule has 2 aromatic heterocycles. The Morgan fingerprint density at radius 1 is 0.808 bits per heavy atom. The van der Waals surface area contributed by atoms with Crippen molar-refractivity contribution in [2.45, 2.75) is 43.7 Å². The number of aryl methyl sites for hydroxylation is 2. The number of nitrogens with zero attached hydrogens (tertiary/aromatic N) is 1. The van der Waals surface area contributed by atoms with E-state index in [1.165, 1.54) is 17.0 Å². The van der Waals surface area contributed by atoms with Crippen molar-refractivity contribution < 1.29 is 22.8 Å². The number of hydrogen-bond donors (Lipinski definition) is 4. The molecule has 52 heavy (non-hydrogen) atoms. The summed E-state index contributed by atoms with van der Waals surface area (Å²) in [6, 6.07) is 28.3. The van der Waals surface area contributed by atoms with Crippen LogP contribution in [0.2, 0.25) is 0 Å². The smallest absolute Gasteiger partial charge is 0.257 e. The van der Waals surface area contributed by atoms with Gasteiger partial charge in [0, 0.05) is 42.6 Å². The highest BCUT2D eigenvalue weighted by Crippen LogP contribution is 2.24. The Balaban J connectivity index is 1.30.